The highest BCUT2D eigenvalue weighted by atomic mass is 79.9. The van der Waals surface area contributed by atoms with Crippen molar-refractivity contribution in [1.29, 1.82) is 0 Å². The molecule has 1 atom stereocenters. The van der Waals surface area contributed by atoms with Crippen LogP contribution in [0.2, 0.25) is 0 Å². The largest absolute Gasteiger partial charge is 0.321 e. The molecule has 1 nitrogen and oxygen atoms in total. The molecule has 1 unspecified atom stereocenters. The van der Waals surface area contributed by atoms with Gasteiger partial charge in [0.2, 0.25) is 0 Å². The van der Waals surface area contributed by atoms with Crippen molar-refractivity contribution < 1.29 is 0 Å². The van der Waals surface area contributed by atoms with Crippen molar-refractivity contribution in [2.75, 3.05) is 0 Å². The van der Waals surface area contributed by atoms with E-state index < -0.39 is 0 Å². The van der Waals surface area contributed by atoms with Crippen molar-refractivity contribution in [3.05, 3.63) is 34.3 Å². The lowest BCUT2D eigenvalue weighted by atomic mass is 9.77. The molecule has 15 heavy (non-hydrogen) atoms. The molecule has 0 aliphatic carbocycles. The molecule has 0 saturated carbocycles. The molecule has 0 aliphatic heterocycles. The van der Waals surface area contributed by atoms with E-state index in [1.165, 1.54) is 5.56 Å². The minimum absolute atomic E-state index is 0.246. The Bertz CT molecular complexity index is 316. The molecule has 2 heteroatoms. The minimum atomic E-state index is -0.246. The Morgan fingerprint density at radius 3 is 2.27 bits per heavy atom. The van der Waals surface area contributed by atoms with Gasteiger partial charge >= 0.3 is 0 Å². The van der Waals surface area contributed by atoms with Crippen LogP contribution in [-0.4, -0.2) is 0 Å². The van der Waals surface area contributed by atoms with Gasteiger partial charge in [-0.25, -0.2) is 0 Å². The first-order chi connectivity index (χ1) is 7.04. The lowest BCUT2D eigenvalue weighted by molar-refractivity contribution is 0.281. The third-order valence-corrected chi connectivity index (χ3v) is 3.98. The van der Waals surface area contributed by atoms with Crippen LogP contribution in [0.1, 0.15) is 39.2 Å². The maximum atomic E-state index is 6.47. The van der Waals surface area contributed by atoms with Crippen molar-refractivity contribution in [2.24, 2.45) is 11.7 Å². The maximum absolute atomic E-state index is 6.47. The predicted molar refractivity (Wildman–Crippen MR) is 69.8 cm³/mol. The van der Waals surface area contributed by atoms with Crippen LogP contribution in [0.25, 0.3) is 0 Å². The molecular weight excluding hydrogens is 250 g/mol. The van der Waals surface area contributed by atoms with E-state index in [4.69, 9.17) is 5.73 Å². The quantitative estimate of drug-likeness (QED) is 0.877. The van der Waals surface area contributed by atoms with Crippen molar-refractivity contribution >= 4 is 15.9 Å². The molecule has 2 N–H and O–H groups in total. The molecule has 0 amide bonds. The summed E-state index contributed by atoms with van der Waals surface area (Å²) in [5.74, 6) is 0.524. The Morgan fingerprint density at radius 2 is 1.80 bits per heavy atom. The highest BCUT2D eigenvalue weighted by Crippen LogP contribution is 2.35. The van der Waals surface area contributed by atoms with E-state index in [-0.39, 0.29) is 5.54 Å². The van der Waals surface area contributed by atoms with Crippen molar-refractivity contribution in [3.63, 3.8) is 0 Å². The summed E-state index contributed by atoms with van der Waals surface area (Å²) in [6.45, 7) is 6.54. The zero-order valence-corrected chi connectivity index (χ0v) is 11.3. The van der Waals surface area contributed by atoms with Gasteiger partial charge in [-0.3, -0.25) is 0 Å². The van der Waals surface area contributed by atoms with Crippen molar-refractivity contribution in [3.8, 4) is 0 Å². The predicted octanol–water partition coefficient (Wildman–Crippen LogP) is 4.06. The van der Waals surface area contributed by atoms with E-state index in [1.807, 2.05) is 12.1 Å². The summed E-state index contributed by atoms with van der Waals surface area (Å²) in [5.41, 5.74) is 7.43. The van der Waals surface area contributed by atoms with Gasteiger partial charge in [0.1, 0.15) is 0 Å². The van der Waals surface area contributed by atoms with Crippen LogP contribution in [0.3, 0.4) is 0 Å². The number of halogens is 1. The Kier molecular flexibility index (Phi) is 4.35. The monoisotopic (exact) mass is 269 g/mol. The summed E-state index contributed by atoms with van der Waals surface area (Å²) in [7, 11) is 0. The SMILES string of the molecule is CCC(CC)C(C)(N)c1ccccc1Br. The molecule has 0 aromatic heterocycles. The third-order valence-electron chi connectivity index (χ3n) is 3.29. The van der Waals surface area contributed by atoms with Crippen LogP contribution < -0.4 is 5.73 Å². The van der Waals surface area contributed by atoms with Gasteiger partial charge in [-0.15, -0.1) is 0 Å². The normalized spacial score (nSPS) is 15.3. The highest BCUT2D eigenvalue weighted by Gasteiger charge is 2.30. The van der Waals surface area contributed by atoms with E-state index >= 15 is 0 Å². The summed E-state index contributed by atoms with van der Waals surface area (Å²) >= 11 is 3.58. The van der Waals surface area contributed by atoms with Crippen molar-refractivity contribution in [1.82, 2.24) is 0 Å². The second-order valence-electron chi connectivity index (χ2n) is 4.28. The van der Waals surface area contributed by atoms with E-state index in [9.17, 15) is 0 Å². The number of hydrogen-bond donors (Lipinski definition) is 1. The van der Waals surface area contributed by atoms with Gasteiger partial charge in [0.25, 0.3) is 0 Å². The Morgan fingerprint density at radius 1 is 1.27 bits per heavy atom. The summed E-state index contributed by atoms with van der Waals surface area (Å²) in [6, 6.07) is 8.25. The number of hydrogen-bond acceptors (Lipinski definition) is 1. The lowest BCUT2D eigenvalue weighted by Gasteiger charge is -2.34. The zero-order valence-electron chi connectivity index (χ0n) is 9.76. The molecule has 0 saturated heterocycles. The van der Waals surface area contributed by atoms with Gasteiger partial charge in [-0.05, 0) is 24.5 Å². The van der Waals surface area contributed by atoms with Gasteiger partial charge in [0.05, 0.1) is 0 Å². The molecule has 1 rings (SSSR count). The molecule has 0 fully saturated rings. The average Bonchev–Trinajstić information content (AvgIpc) is 2.19. The maximum Gasteiger partial charge on any atom is 0.0420 e. The molecule has 0 bridgehead atoms. The molecule has 84 valence electrons. The van der Waals surface area contributed by atoms with Crippen molar-refractivity contribution in [2.45, 2.75) is 39.2 Å². The average molecular weight is 270 g/mol. The highest BCUT2D eigenvalue weighted by molar-refractivity contribution is 9.10. The first-order valence-corrected chi connectivity index (χ1v) is 6.37. The second-order valence-corrected chi connectivity index (χ2v) is 5.13. The van der Waals surface area contributed by atoms with E-state index in [0.29, 0.717) is 5.92 Å². The first-order valence-electron chi connectivity index (χ1n) is 5.57. The van der Waals surface area contributed by atoms with Crippen LogP contribution >= 0.6 is 15.9 Å². The summed E-state index contributed by atoms with van der Waals surface area (Å²) in [5, 5.41) is 0. The van der Waals surface area contributed by atoms with Gasteiger partial charge in [-0.1, -0.05) is 60.8 Å². The fraction of sp³-hybridized carbons (Fsp3) is 0.538. The Balaban J connectivity index is 3.09. The fourth-order valence-electron chi connectivity index (χ4n) is 2.25. The van der Waals surface area contributed by atoms with E-state index in [2.05, 4.69) is 48.8 Å². The summed E-state index contributed by atoms with van der Waals surface area (Å²) in [6.07, 6.45) is 2.23. The molecule has 0 spiro atoms. The molecule has 1 aromatic rings. The van der Waals surface area contributed by atoms with Gasteiger partial charge in [-0.2, -0.15) is 0 Å². The number of benzene rings is 1. The smallest absolute Gasteiger partial charge is 0.0420 e. The molecule has 0 aliphatic rings. The van der Waals surface area contributed by atoms with Crippen LogP contribution in [0, 0.1) is 5.92 Å². The third kappa shape index (κ3) is 2.61. The molecule has 0 heterocycles. The standard InChI is InChI=1S/C13H20BrN/c1-4-10(5-2)13(3,15)11-8-6-7-9-12(11)14/h6-10H,4-5,15H2,1-3H3. The number of nitrogens with two attached hydrogens (primary N) is 1. The fourth-order valence-corrected chi connectivity index (χ4v) is 2.97. The van der Waals surface area contributed by atoms with Gasteiger partial charge in [0, 0.05) is 10.0 Å². The molecule has 1 aromatic carbocycles. The topological polar surface area (TPSA) is 26.0 Å². The van der Waals surface area contributed by atoms with Crippen LogP contribution in [0.15, 0.2) is 28.7 Å². The minimum Gasteiger partial charge on any atom is -0.321 e. The number of rotatable bonds is 4. The van der Waals surface area contributed by atoms with E-state index in [0.717, 1.165) is 17.3 Å². The van der Waals surface area contributed by atoms with E-state index in [1.54, 1.807) is 0 Å². The summed E-state index contributed by atoms with van der Waals surface area (Å²) in [4.78, 5) is 0. The van der Waals surface area contributed by atoms with Crippen LogP contribution in [0.4, 0.5) is 0 Å². The molecular formula is C13H20BrN. The summed E-state index contributed by atoms with van der Waals surface area (Å²) < 4.78 is 1.11. The zero-order chi connectivity index (χ0) is 11.5. The van der Waals surface area contributed by atoms with Crippen LogP contribution in [0.5, 0.6) is 0 Å². The Labute approximate surface area is 101 Å². The first kappa shape index (κ1) is 12.7. The van der Waals surface area contributed by atoms with Gasteiger partial charge < -0.3 is 5.73 Å². The van der Waals surface area contributed by atoms with Crippen LogP contribution in [-0.2, 0) is 5.54 Å². The molecule has 0 radical (unpaired) electrons. The van der Waals surface area contributed by atoms with Gasteiger partial charge in [0.15, 0.2) is 0 Å². The lowest BCUT2D eigenvalue weighted by Crippen LogP contribution is -2.41. The second kappa shape index (κ2) is 5.13. The Hall–Kier alpha value is -0.340.